The lowest BCUT2D eigenvalue weighted by Gasteiger charge is -2.32. The van der Waals surface area contributed by atoms with Crippen LogP contribution >= 0.6 is 11.8 Å². The minimum absolute atomic E-state index is 0.248. The van der Waals surface area contributed by atoms with Gasteiger partial charge in [0.1, 0.15) is 0 Å². The van der Waals surface area contributed by atoms with Crippen LogP contribution in [0.15, 0.2) is 47.8 Å². The number of thioether (sulfide) groups is 1. The predicted molar refractivity (Wildman–Crippen MR) is 130 cm³/mol. The highest BCUT2D eigenvalue weighted by molar-refractivity contribution is 8.18. The van der Waals surface area contributed by atoms with Crippen molar-refractivity contribution in [3.8, 4) is 0 Å². The van der Waals surface area contributed by atoms with E-state index in [4.69, 9.17) is 4.74 Å². The summed E-state index contributed by atoms with van der Waals surface area (Å²) in [6, 6.07) is 5.95. The summed E-state index contributed by atoms with van der Waals surface area (Å²) >= 11 is 0.892. The van der Waals surface area contributed by atoms with Crippen molar-refractivity contribution in [1.82, 2.24) is 25.6 Å². The summed E-state index contributed by atoms with van der Waals surface area (Å²) in [7, 11) is 0. The molecular formula is C24H26N6O3S. The van der Waals surface area contributed by atoms with Crippen molar-refractivity contribution in [1.29, 1.82) is 0 Å². The van der Waals surface area contributed by atoms with Gasteiger partial charge in [-0.05, 0) is 73.0 Å². The molecule has 2 aromatic heterocycles. The first-order chi connectivity index (χ1) is 16.6. The average Bonchev–Trinajstić information content (AvgIpc) is 3.50. The molecule has 2 amide bonds. The quantitative estimate of drug-likeness (QED) is 0.581. The second-order valence-corrected chi connectivity index (χ2v) is 9.57. The zero-order valence-electron chi connectivity index (χ0n) is 18.6. The molecule has 3 aliphatic rings. The molecule has 1 unspecified atom stereocenters. The van der Waals surface area contributed by atoms with E-state index < -0.39 is 0 Å². The van der Waals surface area contributed by atoms with E-state index in [2.05, 4.69) is 48.7 Å². The molecule has 0 aromatic carbocycles. The zero-order chi connectivity index (χ0) is 23.3. The maximum atomic E-state index is 11.8. The van der Waals surface area contributed by atoms with Crippen molar-refractivity contribution in [3.63, 3.8) is 0 Å². The molecule has 1 atom stereocenters. The standard InChI is InChI=1S/C24H26N6O3S/c31-22-21(34-24(32)29-22)12-19-2-7-27-23(28-19)30-8-3-16(4-9-30)13-25-14-17-1-6-26-20(11-17)18-5-10-33-15-18/h1-2,5-7,10-12,16,18,25H,3-4,8-9,13-15H2,(H,29,31,32)/b21-12-. The Hall–Kier alpha value is -3.24. The van der Waals surface area contributed by atoms with E-state index in [-0.39, 0.29) is 17.1 Å². The number of nitrogens with zero attached hydrogens (tertiary/aromatic N) is 4. The first-order valence-corrected chi connectivity index (χ1v) is 12.2. The van der Waals surface area contributed by atoms with Gasteiger partial charge in [-0.25, -0.2) is 9.97 Å². The lowest BCUT2D eigenvalue weighted by molar-refractivity contribution is -0.115. The Kier molecular flexibility index (Phi) is 6.87. The number of aromatic nitrogens is 3. The minimum atomic E-state index is -0.379. The van der Waals surface area contributed by atoms with E-state index >= 15 is 0 Å². The van der Waals surface area contributed by atoms with Crippen molar-refractivity contribution in [2.45, 2.75) is 25.3 Å². The van der Waals surface area contributed by atoms with Crippen LogP contribution in [0.25, 0.3) is 6.08 Å². The Bertz CT molecular complexity index is 1130. The summed E-state index contributed by atoms with van der Waals surface area (Å²) < 4.78 is 5.32. The van der Waals surface area contributed by atoms with Crippen LogP contribution in [0.3, 0.4) is 0 Å². The first-order valence-electron chi connectivity index (χ1n) is 11.4. The third-order valence-corrected chi connectivity index (χ3v) is 6.96. The summed E-state index contributed by atoms with van der Waals surface area (Å²) in [4.78, 5) is 39.1. The van der Waals surface area contributed by atoms with Crippen molar-refractivity contribution in [2.24, 2.45) is 5.92 Å². The number of carbonyl (C=O) groups is 2. The molecule has 5 rings (SSSR count). The van der Waals surface area contributed by atoms with E-state index in [0.717, 1.165) is 56.5 Å². The summed E-state index contributed by atoms with van der Waals surface area (Å²) in [6.45, 7) is 4.22. The molecule has 10 heteroatoms. The highest BCUT2D eigenvalue weighted by atomic mass is 32.2. The van der Waals surface area contributed by atoms with Crippen molar-refractivity contribution in [2.75, 3.05) is 31.1 Å². The van der Waals surface area contributed by atoms with Gasteiger partial charge < -0.3 is 15.0 Å². The van der Waals surface area contributed by atoms with Gasteiger partial charge in [0.2, 0.25) is 5.95 Å². The number of hydrogen-bond acceptors (Lipinski definition) is 9. The fourth-order valence-electron chi connectivity index (χ4n) is 4.26. The number of carbonyl (C=O) groups excluding carboxylic acids is 2. The number of rotatable bonds is 7. The van der Waals surface area contributed by atoms with E-state index in [0.29, 0.717) is 29.1 Å². The number of hydrogen-bond donors (Lipinski definition) is 2. The third-order valence-electron chi connectivity index (χ3n) is 6.15. The molecule has 3 aliphatic heterocycles. The molecule has 2 N–H and O–H groups in total. The molecular weight excluding hydrogens is 452 g/mol. The lowest BCUT2D eigenvalue weighted by atomic mass is 9.97. The summed E-state index contributed by atoms with van der Waals surface area (Å²) in [5.74, 6) is 1.12. The molecule has 0 radical (unpaired) electrons. The molecule has 0 spiro atoms. The van der Waals surface area contributed by atoms with Gasteiger partial charge in [-0.1, -0.05) is 0 Å². The van der Waals surface area contributed by atoms with Gasteiger partial charge in [0.25, 0.3) is 11.1 Å². The number of piperidine rings is 1. The second-order valence-electron chi connectivity index (χ2n) is 8.55. The Morgan fingerprint density at radius 3 is 2.82 bits per heavy atom. The summed E-state index contributed by atoms with van der Waals surface area (Å²) in [5, 5.41) is 5.50. The van der Waals surface area contributed by atoms with Gasteiger partial charge in [-0.15, -0.1) is 0 Å². The number of ether oxygens (including phenoxy) is 1. The van der Waals surface area contributed by atoms with E-state index in [1.807, 2.05) is 6.20 Å². The number of pyridine rings is 1. The average molecular weight is 479 g/mol. The van der Waals surface area contributed by atoms with Crippen LogP contribution in [0, 0.1) is 5.92 Å². The number of nitrogens with one attached hydrogen (secondary N) is 2. The van der Waals surface area contributed by atoms with E-state index in [1.54, 1.807) is 24.6 Å². The summed E-state index contributed by atoms with van der Waals surface area (Å²) in [5.41, 5.74) is 2.91. The molecule has 176 valence electrons. The topological polar surface area (TPSA) is 109 Å². The van der Waals surface area contributed by atoms with Gasteiger partial charge in [0.05, 0.1) is 35.1 Å². The van der Waals surface area contributed by atoms with Crippen molar-refractivity contribution < 1.29 is 14.3 Å². The molecule has 2 saturated heterocycles. The van der Waals surface area contributed by atoms with Gasteiger partial charge in [-0.2, -0.15) is 0 Å². The Labute approximate surface area is 202 Å². The monoisotopic (exact) mass is 478 g/mol. The smallest absolute Gasteiger partial charge is 0.290 e. The minimum Gasteiger partial charge on any atom is -0.500 e. The highest BCUT2D eigenvalue weighted by Crippen LogP contribution is 2.26. The first kappa shape index (κ1) is 22.5. The van der Waals surface area contributed by atoms with Crippen molar-refractivity contribution >= 4 is 34.9 Å². The molecule has 34 heavy (non-hydrogen) atoms. The maximum Gasteiger partial charge on any atom is 0.290 e. The maximum absolute atomic E-state index is 11.8. The Balaban J connectivity index is 1.10. The van der Waals surface area contributed by atoms with Crippen LogP contribution in [0.5, 0.6) is 0 Å². The second kappa shape index (κ2) is 10.4. The van der Waals surface area contributed by atoms with Crippen LogP contribution in [-0.2, 0) is 16.1 Å². The third kappa shape index (κ3) is 5.45. The highest BCUT2D eigenvalue weighted by Gasteiger charge is 2.26. The van der Waals surface area contributed by atoms with Crippen LogP contribution in [0.4, 0.5) is 10.7 Å². The number of amides is 2. The molecule has 0 saturated carbocycles. The number of anilines is 1. The van der Waals surface area contributed by atoms with Gasteiger partial charge in [-0.3, -0.25) is 19.9 Å². The predicted octanol–water partition coefficient (Wildman–Crippen LogP) is 2.83. The van der Waals surface area contributed by atoms with Gasteiger partial charge in [0.15, 0.2) is 0 Å². The Morgan fingerprint density at radius 2 is 2.06 bits per heavy atom. The van der Waals surface area contributed by atoms with Crippen LogP contribution in [-0.4, -0.2) is 52.3 Å². The molecule has 9 nitrogen and oxygen atoms in total. The summed E-state index contributed by atoms with van der Waals surface area (Å²) in [6.07, 6.45) is 11.1. The SMILES string of the molecule is O=C1NC(=O)/C(=C/c2ccnc(N3CCC(CNCc4ccnc(C5C=COC5)c4)CC3)n2)S1. The van der Waals surface area contributed by atoms with Crippen molar-refractivity contribution in [3.05, 3.63) is 64.8 Å². The van der Waals surface area contributed by atoms with Crippen LogP contribution < -0.4 is 15.5 Å². The fraction of sp³-hybridized carbons (Fsp3) is 0.375. The van der Waals surface area contributed by atoms with Gasteiger partial charge >= 0.3 is 0 Å². The van der Waals surface area contributed by atoms with E-state index in [1.165, 1.54) is 5.56 Å². The molecule has 5 heterocycles. The number of imide groups is 1. The Morgan fingerprint density at radius 1 is 1.21 bits per heavy atom. The molecule has 2 fully saturated rings. The van der Waals surface area contributed by atoms with E-state index in [9.17, 15) is 9.59 Å². The normalized spacial score (nSPS) is 21.8. The lowest BCUT2D eigenvalue weighted by Crippen LogP contribution is -2.38. The van der Waals surface area contributed by atoms with Gasteiger partial charge in [0, 0.05) is 32.0 Å². The molecule has 0 bridgehead atoms. The largest absolute Gasteiger partial charge is 0.500 e. The molecule has 0 aliphatic carbocycles. The van der Waals surface area contributed by atoms with Crippen LogP contribution in [0.1, 0.15) is 35.7 Å². The molecule has 2 aromatic rings. The van der Waals surface area contributed by atoms with Crippen LogP contribution in [0.2, 0.25) is 0 Å². The zero-order valence-corrected chi connectivity index (χ0v) is 19.5. The fourth-order valence-corrected chi connectivity index (χ4v) is 4.93.